The number of para-hydroxylation sites is 2. The molecule has 2 aliphatic rings. The smallest absolute Gasteiger partial charge is 0.222 e. The van der Waals surface area contributed by atoms with E-state index in [0.29, 0.717) is 18.3 Å². The first-order valence-corrected chi connectivity index (χ1v) is 12.6. The van der Waals surface area contributed by atoms with Gasteiger partial charge in [-0.15, -0.1) is 0 Å². The molecule has 1 amide bonds. The lowest BCUT2D eigenvalue weighted by Crippen LogP contribution is -2.50. The number of amides is 1. The molecule has 0 saturated carbocycles. The van der Waals surface area contributed by atoms with E-state index >= 15 is 0 Å². The van der Waals surface area contributed by atoms with Gasteiger partial charge in [0.05, 0.1) is 18.5 Å². The van der Waals surface area contributed by atoms with E-state index in [1.54, 1.807) is 7.11 Å². The summed E-state index contributed by atoms with van der Waals surface area (Å²) in [7, 11) is 1.70. The molecule has 0 spiro atoms. The largest absolute Gasteiger partial charge is 0.495 e. The third kappa shape index (κ3) is 5.51. The highest BCUT2D eigenvalue weighted by Crippen LogP contribution is 2.30. The van der Waals surface area contributed by atoms with Crippen molar-refractivity contribution in [3.05, 3.63) is 66.4 Å². The van der Waals surface area contributed by atoms with E-state index in [1.165, 1.54) is 0 Å². The Labute approximate surface area is 207 Å². The zero-order chi connectivity index (χ0) is 24.0. The van der Waals surface area contributed by atoms with Crippen molar-refractivity contribution in [2.75, 3.05) is 51.3 Å². The quantitative estimate of drug-likeness (QED) is 0.561. The Hall–Kier alpha value is -3.32. The number of methoxy groups -OCH3 is 1. The van der Waals surface area contributed by atoms with E-state index in [2.05, 4.69) is 21.4 Å². The van der Waals surface area contributed by atoms with Crippen molar-refractivity contribution in [3.63, 3.8) is 0 Å². The van der Waals surface area contributed by atoms with E-state index in [1.807, 2.05) is 59.5 Å². The van der Waals surface area contributed by atoms with Gasteiger partial charge in [-0.1, -0.05) is 47.6 Å². The fourth-order valence-electron chi connectivity index (χ4n) is 5.34. The Morgan fingerprint density at radius 1 is 1.06 bits per heavy atom. The minimum atomic E-state index is 0.270. The average Bonchev–Trinajstić information content (AvgIpc) is 3.39. The lowest BCUT2D eigenvalue weighted by atomic mass is 9.81. The first-order chi connectivity index (χ1) is 17.2. The van der Waals surface area contributed by atoms with Crippen LogP contribution in [0.5, 0.6) is 5.75 Å². The summed E-state index contributed by atoms with van der Waals surface area (Å²) in [4.78, 5) is 17.6. The second-order valence-corrected chi connectivity index (χ2v) is 9.51. The summed E-state index contributed by atoms with van der Waals surface area (Å²) < 4.78 is 11.1. The number of benzene rings is 2. The molecule has 0 aliphatic carbocycles. The Bertz CT molecular complexity index is 1110. The molecule has 0 unspecified atom stereocenters. The second kappa shape index (κ2) is 11.0. The number of carbonyl (C=O) groups is 1. The van der Waals surface area contributed by atoms with Crippen LogP contribution in [0.4, 0.5) is 5.69 Å². The van der Waals surface area contributed by atoms with Gasteiger partial charge in [0.25, 0.3) is 0 Å². The maximum atomic E-state index is 13.2. The third-order valence-electron chi connectivity index (χ3n) is 7.35. The fourth-order valence-corrected chi connectivity index (χ4v) is 5.34. The zero-order valence-electron chi connectivity index (χ0n) is 20.4. The molecule has 35 heavy (non-hydrogen) atoms. The van der Waals surface area contributed by atoms with Gasteiger partial charge in [-0.2, -0.15) is 0 Å². The van der Waals surface area contributed by atoms with Crippen LogP contribution < -0.4 is 15.0 Å². The van der Waals surface area contributed by atoms with Crippen molar-refractivity contribution in [2.45, 2.75) is 19.3 Å². The number of ether oxygens (including phenoxy) is 1. The molecule has 2 saturated heterocycles. The number of piperidine rings is 1. The molecule has 3 heterocycles. The van der Waals surface area contributed by atoms with Crippen LogP contribution in [0.1, 0.15) is 18.5 Å². The Morgan fingerprint density at radius 3 is 2.63 bits per heavy atom. The Kier molecular flexibility index (Phi) is 7.33. The standard InChI is InChI=1S/C28H34N4O3/c1-34-26-10-6-5-9-25(26)31-13-15-32(16-14-31)28(33)18-22-11-12-29-20-23(22)17-24-19-27(35-30-24)21-7-3-2-4-8-21/h2-10,19,22-23,29H,11-18,20H2,1H3/t22-,23+/m1/s1. The minimum absolute atomic E-state index is 0.270. The van der Waals surface area contributed by atoms with Crippen LogP contribution in [0.3, 0.4) is 0 Å². The molecule has 7 nitrogen and oxygen atoms in total. The molecule has 5 rings (SSSR count). The van der Waals surface area contributed by atoms with E-state index < -0.39 is 0 Å². The topological polar surface area (TPSA) is 70.8 Å². The maximum absolute atomic E-state index is 13.2. The van der Waals surface area contributed by atoms with Crippen molar-refractivity contribution in [1.29, 1.82) is 0 Å². The highest BCUT2D eigenvalue weighted by atomic mass is 16.5. The van der Waals surface area contributed by atoms with Crippen LogP contribution in [-0.2, 0) is 11.2 Å². The van der Waals surface area contributed by atoms with Gasteiger partial charge >= 0.3 is 0 Å². The van der Waals surface area contributed by atoms with Gasteiger partial charge in [0.1, 0.15) is 5.75 Å². The fraction of sp³-hybridized carbons (Fsp3) is 0.429. The molecular formula is C28H34N4O3. The number of nitrogens with zero attached hydrogens (tertiary/aromatic N) is 3. The molecule has 184 valence electrons. The van der Waals surface area contributed by atoms with Gasteiger partial charge in [0.2, 0.25) is 5.91 Å². The van der Waals surface area contributed by atoms with Crippen LogP contribution >= 0.6 is 0 Å². The van der Waals surface area contributed by atoms with Crippen LogP contribution in [0.15, 0.2) is 65.2 Å². The summed E-state index contributed by atoms with van der Waals surface area (Å²) >= 11 is 0. The summed E-state index contributed by atoms with van der Waals surface area (Å²) in [6, 6.07) is 20.2. The lowest BCUT2D eigenvalue weighted by Gasteiger charge is -2.38. The summed E-state index contributed by atoms with van der Waals surface area (Å²) in [5.41, 5.74) is 3.09. The molecule has 1 N–H and O–H groups in total. The second-order valence-electron chi connectivity index (χ2n) is 9.51. The molecular weight excluding hydrogens is 440 g/mol. The molecule has 2 atom stereocenters. The van der Waals surface area contributed by atoms with Crippen molar-refractivity contribution in [3.8, 4) is 17.1 Å². The predicted octanol–water partition coefficient (Wildman–Crippen LogP) is 3.86. The minimum Gasteiger partial charge on any atom is -0.495 e. The Balaban J connectivity index is 1.17. The van der Waals surface area contributed by atoms with E-state index in [4.69, 9.17) is 9.26 Å². The molecule has 7 heteroatoms. The SMILES string of the molecule is COc1ccccc1N1CCN(C(=O)C[C@H]2CCNC[C@@H]2Cc2cc(-c3ccccc3)on2)CC1. The number of hydrogen-bond acceptors (Lipinski definition) is 6. The van der Waals surface area contributed by atoms with Crippen LogP contribution in [-0.4, -0.2) is 62.3 Å². The van der Waals surface area contributed by atoms with E-state index in [-0.39, 0.29) is 5.91 Å². The van der Waals surface area contributed by atoms with Gasteiger partial charge < -0.3 is 24.4 Å². The average molecular weight is 475 g/mol. The van der Waals surface area contributed by atoms with Gasteiger partial charge in [-0.05, 0) is 49.9 Å². The number of aromatic nitrogens is 1. The van der Waals surface area contributed by atoms with Crippen molar-refractivity contribution in [1.82, 2.24) is 15.4 Å². The predicted molar refractivity (Wildman–Crippen MR) is 137 cm³/mol. The first-order valence-electron chi connectivity index (χ1n) is 12.6. The summed E-state index contributed by atoms with van der Waals surface area (Å²) in [5.74, 6) is 2.67. The van der Waals surface area contributed by atoms with E-state index in [9.17, 15) is 4.79 Å². The summed E-state index contributed by atoms with van der Waals surface area (Å²) in [5, 5.41) is 7.84. The molecule has 2 aromatic carbocycles. The van der Waals surface area contributed by atoms with Crippen LogP contribution in [0.2, 0.25) is 0 Å². The molecule has 1 aromatic heterocycles. The normalized spacial score (nSPS) is 20.6. The van der Waals surface area contributed by atoms with Gasteiger partial charge in [0, 0.05) is 44.2 Å². The van der Waals surface area contributed by atoms with Crippen LogP contribution in [0.25, 0.3) is 11.3 Å². The zero-order valence-corrected chi connectivity index (χ0v) is 20.4. The number of rotatable bonds is 7. The molecule has 0 bridgehead atoms. The monoisotopic (exact) mass is 474 g/mol. The number of nitrogens with one attached hydrogen (secondary N) is 1. The van der Waals surface area contributed by atoms with E-state index in [0.717, 1.165) is 80.6 Å². The van der Waals surface area contributed by atoms with Crippen molar-refractivity contribution < 1.29 is 14.1 Å². The molecule has 0 radical (unpaired) electrons. The Morgan fingerprint density at radius 2 is 1.83 bits per heavy atom. The maximum Gasteiger partial charge on any atom is 0.222 e. The molecule has 2 aliphatic heterocycles. The lowest BCUT2D eigenvalue weighted by molar-refractivity contribution is -0.133. The van der Waals surface area contributed by atoms with Crippen LogP contribution in [0, 0.1) is 11.8 Å². The first kappa shape index (κ1) is 23.4. The van der Waals surface area contributed by atoms with Gasteiger partial charge in [-0.3, -0.25) is 4.79 Å². The highest BCUT2D eigenvalue weighted by molar-refractivity contribution is 5.77. The number of anilines is 1. The molecule has 3 aromatic rings. The van der Waals surface area contributed by atoms with Crippen molar-refractivity contribution >= 4 is 11.6 Å². The summed E-state index contributed by atoms with van der Waals surface area (Å²) in [6.07, 6.45) is 2.44. The number of piperazine rings is 1. The van der Waals surface area contributed by atoms with Crippen molar-refractivity contribution in [2.24, 2.45) is 11.8 Å². The highest BCUT2D eigenvalue weighted by Gasteiger charge is 2.31. The number of hydrogen-bond donors (Lipinski definition) is 1. The summed E-state index contributed by atoms with van der Waals surface area (Å²) in [6.45, 7) is 5.01. The molecule has 2 fully saturated rings. The third-order valence-corrected chi connectivity index (χ3v) is 7.35. The number of carbonyl (C=O) groups excluding carboxylic acids is 1. The van der Waals surface area contributed by atoms with Gasteiger partial charge in [0.15, 0.2) is 5.76 Å². The van der Waals surface area contributed by atoms with Gasteiger partial charge in [-0.25, -0.2) is 0 Å².